The highest BCUT2D eigenvalue weighted by molar-refractivity contribution is 7.88. The number of nitrogens with one attached hydrogen (secondary N) is 2. The number of carbonyl (C=O) groups is 2. The third-order valence-electron chi connectivity index (χ3n) is 5.88. The molecule has 2 fully saturated rings. The first-order valence-electron chi connectivity index (χ1n) is 9.54. The largest absolute Gasteiger partial charge is 0.351 e. The van der Waals surface area contributed by atoms with Crippen LogP contribution in [0.2, 0.25) is 0 Å². The minimum Gasteiger partial charge on any atom is -0.351 e. The van der Waals surface area contributed by atoms with Gasteiger partial charge in [0.25, 0.3) is 0 Å². The van der Waals surface area contributed by atoms with Gasteiger partial charge >= 0.3 is 0 Å². The van der Waals surface area contributed by atoms with Crippen LogP contribution in [0.4, 0.5) is 0 Å². The molecule has 0 aromatic rings. The van der Waals surface area contributed by atoms with Crippen LogP contribution in [0.1, 0.15) is 44.9 Å². The van der Waals surface area contributed by atoms with E-state index >= 15 is 0 Å². The molecular formula is C18H29N3O4S. The number of allylic oxidation sites excluding steroid dienone is 2. The summed E-state index contributed by atoms with van der Waals surface area (Å²) in [5.41, 5.74) is 0. The fourth-order valence-corrected chi connectivity index (χ4v) is 5.20. The van der Waals surface area contributed by atoms with Gasteiger partial charge in [-0.15, -0.1) is 0 Å². The van der Waals surface area contributed by atoms with Gasteiger partial charge in [0.15, 0.2) is 0 Å². The molecule has 2 heterocycles. The van der Waals surface area contributed by atoms with Crippen molar-refractivity contribution < 1.29 is 18.0 Å². The lowest BCUT2D eigenvalue weighted by Crippen LogP contribution is -2.59. The summed E-state index contributed by atoms with van der Waals surface area (Å²) in [6, 6.07) is -0.0501. The Morgan fingerprint density at radius 3 is 2.54 bits per heavy atom. The molecule has 8 heteroatoms. The monoisotopic (exact) mass is 383 g/mol. The van der Waals surface area contributed by atoms with Crippen LogP contribution in [0.5, 0.6) is 0 Å². The van der Waals surface area contributed by atoms with Crippen molar-refractivity contribution in [3.63, 3.8) is 0 Å². The maximum atomic E-state index is 12.7. The molecule has 0 bridgehead atoms. The molecule has 0 aromatic heterocycles. The van der Waals surface area contributed by atoms with Crippen molar-refractivity contribution in [2.45, 2.75) is 57.0 Å². The van der Waals surface area contributed by atoms with Crippen LogP contribution >= 0.6 is 0 Å². The summed E-state index contributed by atoms with van der Waals surface area (Å²) in [5, 5.41) is 6.26. The molecule has 26 heavy (non-hydrogen) atoms. The first-order chi connectivity index (χ1) is 12.3. The van der Waals surface area contributed by atoms with Gasteiger partial charge in [-0.1, -0.05) is 12.2 Å². The fraction of sp³-hybridized carbons (Fsp3) is 0.778. The second-order valence-electron chi connectivity index (χ2n) is 7.73. The molecule has 2 saturated heterocycles. The quantitative estimate of drug-likeness (QED) is 0.701. The molecule has 3 rings (SSSR count). The average molecular weight is 384 g/mol. The molecule has 1 unspecified atom stereocenters. The van der Waals surface area contributed by atoms with Crippen LogP contribution in [0.15, 0.2) is 12.2 Å². The molecule has 2 N–H and O–H groups in total. The standard InChI is InChI=1S/C18H29N3O4S/c1-26(24,25)21-11-9-14(10-12-21)18(23)19-15-7-8-16(22)20-17(15)13-5-3-2-4-6-13/h2-3,13-15,17H,4-12H2,1H3,(H,19,23)(H,20,22)/t13?,15-,17+/m1/s1. The normalized spacial score (nSPS) is 31.4. The number of piperidine rings is 2. The molecule has 0 spiro atoms. The highest BCUT2D eigenvalue weighted by Gasteiger charge is 2.37. The second kappa shape index (κ2) is 8.08. The van der Waals surface area contributed by atoms with E-state index in [2.05, 4.69) is 22.8 Å². The number of amides is 2. The van der Waals surface area contributed by atoms with Gasteiger partial charge in [0.05, 0.1) is 12.3 Å². The van der Waals surface area contributed by atoms with Crippen molar-refractivity contribution in [2.24, 2.45) is 11.8 Å². The smallest absolute Gasteiger partial charge is 0.223 e. The molecule has 1 aliphatic carbocycles. The fourth-order valence-electron chi connectivity index (χ4n) is 4.33. The third kappa shape index (κ3) is 4.65. The van der Waals surface area contributed by atoms with E-state index in [0.29, 0.717) is 44.7 Å². The van der Waals surface area contributed by atoms with Crippen LogP contribution in [0, 0.1) is 11.8 Å². The first kappa shape index (κ1) is 19.4. The van der Waals surface area contributed by atoms with E-state index in [4.69, 9.17) is 0 Å². The summed E-state index contributed by atoms with van der Waals surface area (Å²) >= 11 is 0. The van der Waals surface area contributed by atoms with Crippen LogP contribution in [0.25, 0.3) is 0 Å². The first-order valence-corrected chi connectivity index (χ1v) is 11.4. The molecule has 3 atom stereocenters. The van der Waals surface area contributed by atoms with Gasteiger partial charge in [0.1, 0.15) is 0 Å². The Balaban J connectivity index is 1.58. The molecule has 2 aliphatic heterocycles. The Morgan fingerprint density at radius 2 is 1.92 bits per heavy atom. The van der Waals surface area contributed by atoms with Gasteiger partial charge in [0.2, 0.25) is 21.8 Å². The summed E-state index contributed by atoms with van der Waals surface area (Å²) in [6.45, 7) is 0.796. The van der Waals surface area contributed by atoms with E-state index in [9.17, 15) is 18.0 Å². The predicted octanol–water partition coefficient (Wildman–Crippen LogP) is 0.778. The summed E-state index contributed by atoms with van der Waals surface area (Å²) < 4.78 is 24.7. The Kier molecular flexibility index (Phi) is 6.02. The lowest BCUT2D eigenvalue weighted by molar-refractivity contribution is -0.130. The number of hydrogen-bond donors (Lipinski definition) is 2. The zero-order valence-corrected chi connectivity index (χ0v) is 16.1. The van der Waals surface area contributed by atoms with E-state index in [1.54, 1.807) is 0 Å². The van der Waals surface area contributed by atoms with Gasteiger partial charge in [-0.3, -0.25) is 9.59 Å². The Bertz CT molecular complexity index is 668. The Labute approximate surface area is 155 Å². The van der Waals surface area contributed by atoms with E-state index < -0.39 is 10.0 Å². The van der Waals surface area contributed by atoms with Crippen molar-refractivity contribution in [3.05, 3.63) is 12.2 Å². The lowest BCUT2D eigenvalue weighted by Gasteiger charge is -2.39. The molecule has 0 saturated carbocycles. The summed E-state index contributed by atoms with van der Waals surface area (Å²) in [7, 11) is -3.18. The topological polar surface area (TPSA) is 95.6 Å². The zero-order chi connectivity index (χ0) is 18.7. The third-order valence-corrected chi connectivity index (χ3v) is 7.19. The van der Waals surface area contributed by atoms with Crippen LogP contribution in [0.3, 0.4) is 0 Å². The second-order valence-corrected chi connectivity index (χ2v) is 9.71. The Hall–Kier alpha value is -1.41. The number of nitrogens with zero attached hydrogens (tertiary/aromatic N) is 1. The van der Waals surface area contributed by atoms with Crippen LogP contribution in [-0.4, -0.2) is 56.0 Å². The van der Waals surface area contributed by atoms with Gasteiger partial charge in [0, 0.05) is 31.5 Å². The maximum Gasteiger partial charge on any atom is 0.223 e. The SMILES string of the molecule is CS(=O)(=O)N1CCC(C(=O)N[C@@H]2CCC(=O)N[C@H]2C2CC=CCC2)CC1. The van der Waals surface area contributed by atoms with Gasteiger partial charge in [-0.25, -0.2) is 12.7 Å². The highest BCUT2D eigenvalue weighted by Crippen LogP contribution is 2.28. The predicted molar refractivity (Wildman–Crippen MR) is 98.7 cm³/mol. The average Bonchev–Trinajstić information content (AvgIpc) is 2.63. The summed E-state index contributed by atoms with van der Waals surface area (Å²) in [5.74, 6) is 0.270. The van der Waals surface area contributed by atoms with Gasteiger partial charge in [-0.05, 0) is 44.4 Å². The summed E-state index contributed by atoms with van der Waals surface area (Å²) in [4.78, 5) is 24.6. The molecule has 7 nitrogen and oxygen atoms in total. The molecule has 2 amide bonds. The number of rotatable bonds is 4. The van der Waals surface area contributed by atoms with Gasteiger partial charge in [-0.2, -0.15) is 0 Å². The van der Waals surface area contributed by atoms with E-state index in [1.165, 1.54) is 10.6 Å². The molecule has 146 valence electrons. The van der Waals surface area contributed by atoms with E-state index in [0.717, 1.165) is 19.3 Å². The van der Waals surface area contributed by atoms with Crippen molar-refractivity contribution >= 4 is 21.8 Å². The highest BCUT2D eigenvalue weighted by atomic mass is 32.2. The maximum absolute atomic E-state index is 12.7. The van der Waals surface area contributed by atoms with Crippen LogP contribution in [-0.2, 0) is 19.6 Å². The van der Waals surface area contributed by atoms with Crippen LogP contribution < -0.4 is 10.6 Å². The molecule has 3 aliphatic rings. The molecule has 0 aromatic carbocycles. The van der Waals surface area contributed by atoms with Crippen molar-refractivity contribution in [3.8, 4) is 0 Å². The number of sulfonamides is 1. The zero-order valence-electron chi connectivity index (χ0n) is 15.3. The Morgan fingerprint density at radius 1 is 1.19 bits per heavy atom. The summed E-state index contributed by atoms with van der Waals surface area (Å²) in [6.07, 6.45) is 10.7. The minimum absolute atomic E-state index is 0.00403. The lowest BCUT2D eigenvalue weighted by atomic mass is 9.80. The molecular weight excluding hydrogens is 354 g/mol. The minimum atomic E-state index is -3.18. The van der Waals surface area contributed by atoms with Gasteiger partial charge < -0.3 is 10.6 Å². The van der Waals surface area contributed by atoms with E-state index in [-0.39, 0.29) is 29.8 Å². The number of carbonyl (C=O) groups excluding carboxylic acids is 2. The van der Waals surface area contributed by atoms with Crippen molar-refractivity contribution in [2.75, 3.05) is 19.3 Å². The van der Waals surface area contributed by atoms with E-state index in [1.807, 2.05) is 0 Å². The molecule has 0 radical (unpaired) electrons. The van der Waals surface area contributed by atoms with Crippen molar-refractivity contribution in [1.82, 2.24) is 14.9 Å². The van der Waals surface area contributed by atoms with Crippen molar-refractivity contribution in [1.29, 1.82) is 0 Å². The number of hydrogen-bond acceptors (Lipinski definition) is 4.